The van der Waals surface area contributed by atoms with E-state index < -0.39 is 0 Å². The minimum absolute atomic E-state index is 0.0925. The fraction of sp³-hybridized carbons (Fsp3) is 0.417. The van der Waals surface area contributed by atoms with E-state index in [2.05, 4.69) is 5.32 Å². The van der Waals surface area contributed by atoms with Crippen molar-refractivity contribution in [3.8, 4) is 5.75 Å². The third-order valence-electron chi connectivity index (χ3n) is 2.78. The van der Waals surface area contributed by atoms with Crippen molar-refractivity contribution in [3.05, 3.63) is 23.8 Å². The minimum atomic E-state index is -0.307. The van der Waals surface area contributed by atoms with Gasteiger partial charge < -0.3 is 20.9 Å². The topological polar surface area (TPSA) is 84.6 Å². The van der Waals surface area contributed by atoms with Gasteiger partial charge in [-0.2, -0.15) is 0 Å². The van der Waals surface area contributed by atoms with Crippen LogP contribution in [0.25, 0.3) is 0 Å². The second kappa shape index (κ2) is 5.05. The van der Waals surface area contributed by atoms with Gasteiger partial charge in [0.1, 0.15) is 5.75 Å². The number of carbonyl (C=O) groups excluding carboxylic acids is 1. The molecule has 0 aromatic heterocycles. The molecule has 1 aromatic rings. The minimum Gasteiger partial charge on any atom is -0.507 e. The predicted molar refractivity (Wildman–Crippen MR) is 63.8 cm³/mol. The normalized spacial score (nSPS) is 19.2. The summed E-state index contributed by atoms with van der Waals surface area (Å²) in [6.07, 6.45) is 2.09. The van der Waals surface area contributed by atoms with Gasteiger partial charge in [0.2, 0.25) is 0 Å². The molecule has 92 valence electrons. The lowest BCUT2D eigenvalue weighted by atomic mass is 10.1. The highest BCUT2D eigenvalue weighted by Crippen LogP contribution is 2.20. The Balaban J connectivity index is 1.94. The van der Waals surface area contributed by atoms with E-state index in [1.54, 1.807) is 6.07 Å². The van der Waals surface area contributed by atoms with Gasteiger partial charge in [-0.1, -0.05) is 0 Å². The van der Waals surface area contributed by atoms with Gasteiger partial charge in [0.15, 0.2) is 0 Å². The number of nitrogen functional groups attached to an aromatic ring is 1. The summed E-state index contributed by atoms with van der Waals surface area (Å²) in [4.78, 5) is 11.8. The number of carbonyl (C=O) groups is 1. The summed E-state index contributed by atoms with van der Waals surface area (Å²) in [6, 6.07) is 4.46. The zero-order chi connectivity index (χ0) is 12.3. The summed E-state index contributed by atoms with van der Waals surface area (Å²) >= 11 is 0. The molecule has 1 atom stereocenters. The Morgan fingerprint density at radius 2 is 2.41 bits per heavy atom. The largest absolute Gasteiger partial charge is 0.507 e. The number of nitrogens with two attached hydrogens (primary N) is 1. The van der Waals surface area contributed by atoms with Crippen molar-refractivity contribution in [2.24, 2.45) is 0 Å². The fourth-order valence-corrected chi connectivity index (χ4v) is 1.85. The Labute approximate surface area is 99.6 Å². The van der Waals surface area contributed by atoms with Gasteiger partial charge in [-0.15, -0.1) is 0 Å². The van der Waals surface area contributed by atoms with Gasteiger partial charge in [-0.05, 0) is 25.0 Å². The number of rotatable bonds is 3. The zero-order valence-corrected chi connectivity index (χ0v) is 9.48. The van der Waals surface area contributed by atoms with Gasteiger partial charge in [-0.25, -0.2) is 0 Å². The Morgan fingerprint density at radius 1 is 1.59 bits per heavy atom. The van der Waals surface area contributed by atoms with Crippen molar-refractivity contribution in [2.45, 2.75) is 18.9 Å². The van der Waals surface area contributed by atoms with Crippen molar-refractivity contribution in [1.82, 2.24) is 5.32 Å². The molecule has 1 fully saturated rings. The molecule has 4 N–H and O–H groups in total. The molecule has 2 rings (SSSR count). The van der Waals surface area contributed by atoms with E-state index in [-0.39, 0.29) is 23.3 Å². The van der Waals surface area contributed by atoms with Crippen LogP contribution in [0.15, 0.2) is 18.2 Å². The number of benzene rings is 1. The van der Waals surface area contributed by atoms with Gasteiger partial charge >= 0.3 is 0 Å². The van der Waals surface area contributed by atoms with Crippen molar-refractivity contribution >= 4 is 11.6 Å². The number of phenols is 1. The molecule has 0 saturated carbocycles. The molecule has 0 radical (unpaired) electrons. The molecule has 1 amide bonds. The lowest BCUT2D eigenvalue weighted by Gasteiger charge is -2.11. The molecule has 0 aliphatic carbocycles. The van der Waals surface area contributed by atoms with Crippen molar-refractivity contribution < 1.29 is 14.6 Å². The van der Waals surface area contributed by atoms with Crippen molar-refractivity contribution in [1.29, 1.82) is 0 Å². The molecule has 5 heteroatoms. The lowest BCUT2D eigenvalue weighted by Crippen LogP contribution is -2.31. The van der Waals surface area contributed by atoms with Crippen LogP contribution in [0.2, 0.25) is 0 Å². The van der Waals surface area contributed by atoms with Gasteiger partial charge in [-0.3, -0.25) is 4.79 Å². The van der Waals surface area contributed by atoms with Crippen LogP contribution in [0.4, 0.5) is 5.69 Å². The molecule has 1 unspecified atom stereocenters. The monoisotopic (exact) mass is 236 g/mol. The molecular weight excluding hydrogens is 220 g/mol. The van der Waals surface area contributed by atoms with Crippen LogP contribution in [0.3, 0.4) is 0 Å². The molecule has 5 nitrogen and oxygen atoms in total. The average molecular weight is 236 g/mol. The highest BCUT2D eigenvalue weighted by atomic mass is 16.5. The molecule has 1 aromatic carbocycles. The van der Waals surface area contributed by atoms with Crippen molar-refractivity contribution in [2.75, 3.05) is 18.9 Å². The van der Waals surface area contributed by atoms with E-state index in [1.165, 1.54) is 12.1 Å². The van der Waals surface area contributed by atoms with E-state index >= 15 is 0 Å². The molecular formula is C12H16N2O3. The second-order valence-electron chi connectivity index (χ2n) is 4.12. The van der Waals surface area contributed by atoms with E-state index in [4.69, 9.17) is 10.5 Å². The Kier molecular flexibility index (Phi) is 3.49. The number of phenolic OH excluding ortho intramolecular Hbond substituents is 1. The van der Waals surface area contributed by atoms with Gasteiger partial charge in [0, 0.05) is 24.9 Å². The summed E-state index contributed by atoms with van der Waals surface area (Å²) in [7, 11) is 0. The summed E-state index contributed by atoms with van der Waals surface area (Å²) < 4.78 is 5.39. The van der Waals surface area contributed by atoms with Gasteiger partial charge in [0.05, 0.1) is 11.7 Å². The number of ether oxygens (including phenoxy) is 1. The number of hydrogen-bond donors (Lipinski definition) is 3. The van der Waals surface area contributed by atoms with Crippen LogP contribution >= 0.6 is 0 Å². The first kappa shape index (κ1) is 11.7. The quantitative estimate of drug-likeness (QED) is 0.680. The smallest absolute Gasteiger partial charge is 0.255 e. The Hall–Kier alpha value is -1.75. The number of hydrogen-bond acceptors (Lipinski definition) is 4. The van der Waals surface area contributed by atoms with E-state index in [9.17, 15) is 9.90 Å². The number of anilines is 1. The SMILES string of the molecule is Nc1ccc(C(=O)NCC2CCCO2)c(O)c1. The Bertz CT molecular complexity index is 414. The maximum absolute atomic E-state index is 11.8. The predicted octanol–water partition coefficient (Wildman–Crippen LogP) is 0.883. The lowest BCUT2D eigenvalue weighted by molar-refractivity contribution is 0.0855. The summed E-state index contributed by atoms with van der Waals surface area (Å²) in [5.41, 5.74) is 6.15. The van der Waals surface area contributed by atoms with Crippen LogP contribution in [0, 0.1) is 0 Å². The number of aromatic hydroxyl groups is 1. The van der Waals surface area contributed by atoms with Crippen LogP contribution in [-0.2, 0) is 4.74 Å². The molecule has 1 aliphatic rings. The van der Waals surface area contributed by atoms with Crippen LogP contribution in [0.5, 0.6) is 5.75 Å². The highest BCUT2D eigenvalue weighted by molar-refractivity contribution is 5.97. The average Bonchev–Trinajstić information content (AvgIpc) is 2.78. The standard InChI is InChI=1S/C12H16N2O3/c13-8-3-4-10(11(15)6-8)12(16)14-7-9-2-1-5-17-9/h3-4,6,9,15H,1-2,5,7,13H2,(H,14,16). The van der Waals surface area contributed by atoms with Crippen molar-refractivity contribution in [3.63, 3.8) is 0 Å². The van der Waals surface area contributed by atoms with Crippen LogP contribution in [-0.4, -0.2) is 30.3 Å². The van der Waals surface area contributed by atoms with Crippen LogP contribution < -0.4 is 11.1 Å². The first-order valence-corrected chi connectivity index (χ1v) is 5.65. The molecule has 1 saturated heterocycles. The molecule has 0 spiro atoms. The Morgan fingerprint density at radius 3 is 3.06 bits per heavy atom. The second-order valence-corrected chi connectivity index (χ2v) is 4.12. The molecule has 17 heavy (non-hydrogen) atoms. The zero-order valence-electron chi connectivity index (χ0n) is 9.48. The maximum atomic E-state index is 11.8. The number of nitrogens with one attached hydrogen (secondary N) is 1. The summed E-state index contributed by atoms with van der Waals surface area (Å²) in [5, 5.41) is 12.3. The first-order chi connectivity index (χ1) is 8.16. The molecule has 1 aliphatic heterocycles. The summed E-state index contributed by atoms with van der Waals surface area (Å²) in [5.74, 6) is -0.409. The van der Waals surface area contributed by atoms with E-state index in [0.717, 1.165) is 19.4 Å². The molecule has 0 bridgehead atoms. The fourth-order valence-electron chi connectivity index (χ4n) is 1.85. The third-order valence-corrected chi connectivity index (χ3v) is 2.78. The number of amides is 1. The van der Waals surface area contributed by atoms with E-state index in [1.807, 2.05) is 0 Å². The highest BCUT2D eigenvalue weighted by Gasteiger charge is 2.17. The third kappa shape index (κ3) is 2.88. The molecule has 1 heterocycles. The van der Waals surface area contributed by atoms with E-state index in [0.29, 0.717) is 12.2 Å². The maximum Gasteiger partial charge on any atom is 0.255 e. The summed E-state index contributed by atoms with van der Waals surface area (Å²) in [6.45, 7) is 1.23. The van der Waals surface area contributed by atoms with Gasteiger partial charge in [0.25, 0.3) is 5.91 Å². The van der Waals surface area contributed by atoms with Crippen LogP contribution in [0.1, 0.15) is 23.2 Å². The first-order valence-electron chi connectivity index (χ1n) is 5.65.